The number of hydrogen-bond donors (Lipinski definition) is 0. The Labute approximate surface area is 116 Å². The van der Waals surface area contributed by atoms with Crippen LogP contribution in [-0.2, 0) is 19.7 Å². The van der Waals surface area contributed by atoms with Gasteiger partial charge in [0.05, 0.1) is 10.6 Å². The van der Waals surface area contributed by atoms with Crippen molar-refractivity contribution in [1.82, 2.24) is 9.97 Å². The molecule has 0 spiro atoms. The molecular weight excluding hydrogens is 300 g/mol. The zero-order valence-corrected chi connectivity index (χ0v) is 11.8. The van der Waals surface area contributed by atoms with Gasteiger partial charge in [-0.15, -0.1) is 0 Å². The van der Waals surface area contributed by atoms with E-state index in [2.05, 4.69) is 9.97 Å². The predicted molar refractivity (Wildman–Crippen MR) is 70.5 cm³/mol. The molecule has 1 unspecified atom stereocenters. The van der Waals surface area contributed by atoms with Crippen LogP contribution >= 0.6 is 0 Å². The van der Waals surface area contributed by atoms with Gasteiger partial charge in [0.2, 0.25) is 15.0 Å². The molecule has 6 nitrogen and oxygen atoms in total. The van der Waals surface area contributed by atoms with E-state index in [0.717, 1.165) is 0 Å². The van der Waals surface area contributed by atoms with E-state index in [9.17, 15) is 16.8 Å². The molecule has 1 aromatic heterocycles. The number of rotatable bonds is 2. The van der Waals surface area contributed by atoms with Crippen molar-refractivity contribution in [1.29, 1.82) is 0 Å². The summed E-state index contributed by atoms with van der Waals surface area (Å²) >= 11 is 0. The minimum Gasteiger partial charge on any atom is -0.227 e. The fraction of sp³-hybridized carbons (Fsp3) is 0.167. The van der Waals surface area contributed by atoms with Crippen LogP contribution in [0.5, 0.6) is 0 Å². The van der Waals surface area contributed by atoms with Crippen molar-refractivity contribution in [3.8, 4) is 0 Å². The highest BCUT2D eigenvalue weighted by Gasteiger charge is 2.43. The molecule has 3 rings (SSSR count). The van der Waals surface area contributed by atoms with Gasteiger partial charge in [0, 0.05) is 12.4 Å². The minimum absolute atomic E-state index is 0.0736. The third-order valence-electron chi connectivity index (χ3n) is 3.14. The first-order chi connectivity index (χ1) is 9.43. The molecule has 0 saturated heterocycles. The van der Waals surface area contributed by atoms with Crippen LogP contribution < -0.4 is 0 Å². The zero-order chi connectivity index (χ0) is 14.4. The molecule has 0 bridgehead atoms. The first-order valence-corrected chi connectivity index (χ1v) is 8.95. The summed E-state index contributed by atoms with van der Waals surface area (Å²) in [6.45, 7) is 0. The quantitative estimate of drug-likeness (QED) is 0.761. The molecule has 1 atom stereocenters. The Balaban J connectivity index is 2.19. The van der Waals surface area contributed by atoms with Crippen molar-refractivity contribution in [2.45, 2.75) is 15.3 Å². The van der Waals surface area contributed by atoms with Crippen LogP contribution in [0.1, 0.15) is 10.8 Å². The lowest BCUT2D eigenvalue weighted by atomic mass is 10.2. The van der Waals surface area contributed by atoms with Crippen LogP contribution in [0.4, 0.5) is 0 Å². The lowest BCUT2D eigenvalue weighted by Crippen LogP contribution is -2.18. The molecular formula is C12H10N2O4S2. The van der Waals surface area contributed by atoms with Gasteiger partial charge in [-0.1, -0.05) is 18.2 Å². The lowest BCUT2D eigenvalue weighted by molar-refractivity contribution is 0.574. The van der Waals surface area contributed by atoms with Crippen LogP contribution in [0.25, 0.3) is 0 Å². The van der Waals surface area contributed by atoms with Gasteiger partial charge in [-0.25, -0.2) is 26.8 Å². The predicted octanol–water partition coefficient (Wildman–Crippen LogP) is 0.779. The van der Waals surface area contributed by atoms with Gasteiger partial charge in [-0.3, -0.25) is 0 Å². The Morgan fingerprint density at radius 3 is 2.40 bits per heavy atom. The first-order valence-electron chi connectivity index (χ1n) is 5.75. The third-order valence-corrected chi connectivity index (χ3v) is 7.06. The molecule has 2 aromatic rings. The Kier molecular flexibility index (Phi) is 2.87. The monoisotopic (exact) mass is 310 g/mol. The van der Waals surface area contributed by atoms with Crippen LogP contribution in [0, 0.1) is 0 Å². The van der Waals surface area contributed by atoms with Gasteiger partial charge in [-0.05, 0) is 17.7 Å². The molecule has 0 saturated carbocycles. The van der Waals surface area contributed by atoms with Crippen LogP contribution in [-0.4, -0.2) is 32.6 Å². The van der Waals surface area contributed by atoms with E-state index in [1.165, 1.54) is 30.6 Å². The highest BCUT2D eigenvalue weighted by atomic mass is 32.2. The molecule has 0 radical (unpaired) electrons. The summed E-state index contributed by atoms with van der Waals surface area (Å²) in [5.41, 5.74) is 0.292. The fourth-order valence-electron chi connectivity index (χ4n) is 2.22. The molecule has 0 amide bonds. The highest BCUT2D eigenvalue weighted by Crippen LogP contribution is 2.39. The van der Waals surface area contributed by atoms with Crippen LogP contribution in [0.3, 0.4) is 0 Å². The number of nitrogens with zero attached hydrogens (tertiary/aromatic N) is 2. The van der Waals surface area contributed by atoms with Gasteiger partial charge in [0.25, 0.3) is 0 Å². The van der Waals surface area contributed by atoms with Crippen molar-refractivity contribution in [2.24, 2.45) is 0 Å². The average Bonchev–Trinajstić information content (AvgIpc) is 2.73. The Morgan fingerprint density at radius 1 is 1.05 bits per heavy atom. The van der Waals surface area contributed by atoms with Crippen molar-refractivity contribution < 1.29 is 16.8 Å². The van der Waals surface area contributed by atoms with E-state index in [0.29, 0.717) is 5.56 Å². The second kappa shape index (κ2) is 4.35. The summed E-state index contributed by atoms with van der Waals surface area (Å²) in [5, 5.41) is -1.50. The van der Waals surface area contributed by atoms with Crippen LogP contribution in [0.2, 0.25) is 0 Å². The SMILES string of the molecule is O=S1(=O)CC(S(=O)(=O)c2ncccn2)c2ccccc21. The molecule has 0 N–H and O–H groups in total. The molecule has 0 fully saturated rings. The molecule has 0 aliphatic carbocycles. The minimum atomic E-state index is -3.92. The Hall–Kier alpha value is -1.80. The summed E-state index contributed by atoms with van der Waals surface area (Å²) in [6.07, 6.45) is 2.63. The molecule has 1 aromatic carbocycles. The molecule has 2 heterocycles. The normalized spacial score (nSPS) is 20.5. The summed E-state index contributed by atoms with van der Waals surface area (Å²) in [5.74, 6) is -0.465. The Bertz CT molecular complexity index is 861. The third kappa shape index (κ3) is 1.92. The van der Waals surface area contributed by atoms with Gasteiger partial charge >= 0.3 is 0 Å². The molecule has 104 valence electrons. The number of benzene rings is 1. The van der Waals surface area contributed by atoms with Crippen molar-refractivity contribution in [3.63, 3.8) is 0 Å². The summed E-state index contributed by atoms with van der Waals surface area (Å²) < 4.78 is 49.1. The van der Waals surface area contributed by atoms with Gasteiger partial charge < -0.3 is 0 Å². The van der Waals surface area contributed by atoms with E-state index in [1.807, 2.05) is 0 Å². The lowest BCUT2D eigenvalue weighted by Gasteiger charge is -2.09. The van der Waals surface area contributed by atoms with Gasteiger partial charge in [0.1, 0.15) is 5.25 Å². The maximum absolute atomic E-state index is 12.5. The zero-order valence-electron chi connectivity index (χ0n) is 10.2. The van der Waals surface area contributed by atoms with Gasteiger partial charge in [0.15, 0.2) is 9.84 Å². The first kappa shape index (κ1) is 13.2. The van der Waals surface area contributed by atoms with Crippen LogP contribution in [0.15, 0.2) is 52.8 Å². The van der Waals surface area contributed by atoms with E-state index >= 15 is 0 Å². The fourth-order valence-corrected chi connectivity index (χ4v) is 6.38. The van der Waals surface area contributed by atoms with E-state index < -0.39 is 30.7 Å². The molecule has 1 aliphatic rings. The highest BCUT2D eigenvalue weighted by molar-refractivity contribution is 7.96. The average molecular weight is 310 g/mol. The second-order valence-corrected chi connectivity index (χ2v) is 8.41. The molecule has 20 heavy (non-hydrogen) atoms. The number of sulfone groups is 2. The number of fused-ring (bicyclic) bond motifs is 1. The van der Waals surface area contributed by atoms with E-state index in [4.69, 9.17) is 0 Å². The maximum Gasteiger partial charge on any atom is 0.247 e. The van der Waals surface area contributed by atoms with E-state index in [-0.39, 0.29) is 10.1 Å². The summed E-state index contributed by atoms with van der Waals surface area (Å²) in [6, 6.07) is 7.63. The van der Waals surface area contributed by atoms with Crippen molar-refractivity contribution in [2.75, 3.05) is 5.75 Å². The largest absolute Gasteiger partial charge is 0.247 e. The standard InChI is InChI=1S/C12H10N2O4S2/c15-19(16)8-11(9-4-1-2-5-10(9)19)20(17,18)12-13-6-3-7-14-12/h1-7,11H,8H2. The number of hydrogen-bond acceptors (Lipinski definition) is 6. The summed E-state index contributed by atoms with van der Waals surface area (Å²) in [4.78, 5) is 7.52. The van der Waals surface area contributed by atoms with Gasteiger partial charge in [-0.2, -0.15) is 0 Å². The van der Waals surface area contributed by atoms with Crippen molar-refractivity contribution >= 4 is 19.7 Å². The molecule has 1 aliphatic heterocycles. The number of aromatic nitrogens is 2. The summed E-state index contributed by atoms with van der Waals surface area (Å²) in [7, 11) is -7.51. The molecule has 8 heteroatoms. The maximum atomic E-state index is 12.5. The second-order valence-electron chi connectivity index (χ2n) is 4.38. The topological polar surface area (TPSA) is 94.1 Å². The smallest absolute Gasteiger partial charge is 0.227 e. The Morgan fingerprint density at radius 2 is 1.70 bits per heavy atom. The van der Waals surface area contributed by atoms with E-state index in [1.54, 1.807) is 12.1 Å². The van der Waals surface area contributed by atoms with Crippen molar-refractivity contribution in [3.05, 3.63) is 48.3 Å².